The number of hydrogen-bond acceptors (Lipinski definition) is 5. The molecule has 0 spiro atoms. The first kappa shape index (κ1) is 14.2. The van der Waals surface area contributed by atoms with Crippen molar-refractivity contribution in [3.63, 3.8) is 0 Å². The van der Waals surface area contributed by atoms with Gasteiger partial charge < -0.3 is 10.4 Å². The van der Waals surface area contributed by atoms with Crippen LogP contribution < -0.4 is 5.32 Å². The van der Waals surface area contributed by atoms with E-state index in [-0.39, 0.29) is 5.92 Å². The summed E-state index contributed by atoms with van der Waals surface area (Å²) in [6, 6.07) is 0. The van der Waals surface area contributed by atoms with Crippen LogP contribution in [0.25, 0.3) is 0 Å². The fourth-order valence-electron chi connectivity index (χ4n) is 2.39. The van der Waals surface area contributed by atoms with Crippen molar-refractivity contribution in [2.24, 2.45) is 11.8 Å². The normalized spacial score (nSPS) is 23.5. The van der Waals surface area contributed by atoms with Crippen molar-refractivity contribution in [1.82, 2.24) is 9.36 Å². The molecule has 2 rings (SSSR count). The second-order valence-electron chi connectivity index (χ2n) is 5.55. The van der Waals surface area contributed by atoms with Gasteiger partial charge in [-0.25, -0.2) is 4.98 Å². The number of nitrogens with zero attached hydrogens (tertiary/aromatic N) is 2. The van der Waals surface area contributed by atoms with Gasteiger partial charge in [-0.1, -0.05) is 13.8 Å². The minimum Gasteiger partial charge on any atom is -0.481 e. The lowest BCUT2D eigenvalue weighted by atomic mass is 9.82. The van der Waals surface area contributed by atoms with Crippen molar-refractivity contribution in [2.45, 2.75) is 45.4 Å². The van der Waals surface area contributed by atoms with E-state index in [2.05, 4.69) is 28.5 Å². The van der Waals surface area contributed by atoms with Crippen LogP contribution in [0.3, 0.4) is 0 Å². The summed E-state index contributed by atoms with van der Waals surface area (Å²) in [6.07, 6.45) is 3.57. The van der Waals surface area contributed by atoms with Gasteiger partial charge in [0.05, 0.1) is 5.92 Å². The first-order valence-corrected chi connectivity index (χ1v) is 7.64. The molecule has 6 heteroatoms. The summed E-state index contributed by atoms with van der Waals surface area (Å²) in [5.41, 5.74) is 0. The molecule has 0 amide bonds. The summed E-state index contributed by atoms with van der Waals surface area (Å²) in [5.74, 6) is 1.03. The van der Waals surface area contributed by atoms with E-state index in [4.69, 9.17) is 5.11 Å². The Bertz CT molecular complexity index is 425. The fraction of sp³-hybridized carbons (Fsp3) is 0.769. The molecule has 0 aliphatic heterocycles. The molecule has 5 nitrogen and oxygen atoms in total. The first-order valence-electron chi connectivity index (χ1n) is 6.86. The summed E-state index contributed by atoms with van der Waals surface area (Å²) in [4.78, 5) is 15.3. The Morgan fingerprint density at radius 3 is 2.63 bits per heavy atom. The number of aliphatic carboxylic acids is 1. The standard InChI is InChI=1S/C13H21N3O2S/c1-8(2)11-15-13(19-16-11)14-7-9-3-5-10(6-4-9)12(17)18/h8-10H,3-7H2,1-2H3,(H,17,18)(H,14,15,16). The van der Waals surface area contributed by atoms with E-state index in [1.165, 1.54) is 11.5 Å². The summed E-state index contributed by atoms with van der Waals surface area (Å²) in [5, 5.41) is 13.2. The molecule has 1 aliphatic carbocycles. The van der Waals surface area contributed by atoms with Gasteiger partial charge in [0.15, 0.2) is 0 Å². The van der Waals surface area contributed by atoms with Crippen molar-refractivity contribution in [3.05, 3.63) is 5.82 Å². The SMILES string of the molecule is CC(C)c1nsc(NCC2CCC(C(=O)O)CC2)n1. The Hall–Kier alpha value is -1.17. The lowest BCUT2D eigenvalue weighted by Gasteiger charge is -2.25. The second kappa shape index (κ2) is 6.32. The van der Waals surface area contributed by atoms with Crippen molar-refractivity contribution >= 4 is 22.6 Å². The summed E-state index contributed by atoms with van der Waals surface area (Å²) in [6.45, 7) is 5.04. The van der Waals surface area contributed by atoms with Gasteiger partial charge >= 0.3 is 5.97 Å². The minimum atomic E-state index is -0.642. The Balaban J connectivity index is 1.75. The molecular formula is C13H21N3O2S. The minimum absolute atomic E-state index is 0.134. The Kier molecular flexibility index (Phi) is 4.74. The zero-order valence-corrected chi connectivity index (χ0v) is 12.2. The van der Waals surface area contributed by atoms with E-state index in [9.17, 15) is 4.79 Å². The number of anilines is 1. The van der Waals surface area contributed by atoms with Crippen LogP contribution in [0.4, 0.5) is 5.13 Å². The molecule has 0 saturated heterocycles. The topological polar surface area (TPSA) is 75.1 Å². The third kappa shape index (κ3) is 3.89. The number of carbonyl (C=O) groups is 1. The molecule has 0 bridgehead atoms. The highest BCUT2D eigenvalue weighted by Gasteiger charge is 2.25. The fourth-order valence-corrected chi connectivity index (χ4v) is 3.10. The average Bonchev–Trinajstić information content (AvgIpc) is 2.86. The van der Waals surface area contributed by atoms with Gasteiger partial charge in [-0.05, 0) is 31.6 Å². The molecule has 1 saturated carbocycles. The van der Waals surface area contributed by atoms with E-state index in [1.54, 1.807) is 0 Å². The Morgan fingerprint density at radius 2 is 2.11 bits per heavy atom. The van der Waals surface area contributed by atoms with Crippen molar-refractivity contribution < 1.29 is 9.90 Å². The molecule has 0 radical (unpaired) electrons. The third-order valence-corrected chi connectivity index (χ3v) is 4.38. The Morgan fingerprint density at radius 1 is 1.42 bits per heavy atom. The molecule has 19 heavy (non-hydrogen) atoms. The van der Waals surface area contributed by atoms with Crippen LogP contribution in [0, 0.1) is 11.8 Å². The number of rotatable bonds is 5. The molecule has 1 heterocycles. The molecule has 1 aliphatic rings. The average molecular weight is 283 g/mol. The van der Waals surface area contributed by atoms with Gasteiger partial charge in [-0.2, -0.15) is 4.37 Å². The highest BCUT2D eigenvalue weighted by Crippen LogP contribution is 2.29. The highest BCUT2D eigenvalue weighted by atomic mass is 32.1. The monoisotopic (exact) mass is 283 g/mol. The van der Waals surface area contributed by atoms with Gasteiger partial charge in [-0.15, -0.1) is 0 Å². The van der Waals surface area contributed by atoms with Gasteiger partial charge in [0.25, 0.3) is 0 Å². The highest BCUT2D eigenvalue weighted by molar-refractivity contribution is 7.09. The van der Waals surface area contributed by atoms with E-state index >= 15 is 0 Å². The summed E-state index contributed by atoms with van der Waals surface area (Å²) in [7, 11) is 0. The molecular weight excluding hydrogens is 262 g/mol. The quantitative estimate of drug-likeness (QED) is 0.869. The molecule has 1 aromatic rings. The van der Waals surface area contributed by atoms with Crippen LogP contribution in [0.1, 0.15) is 51.3 Å². The summed E-state index contributed by atoms with van der Waals surface area (Å²) >= 11 is 1.41. The maximum absolute atomic E-state index is 10.9. The predicted octanol–water partition coefficient (Wildman–Crippen LogP) is 2.96. The maximum Gasteiger partial charge on any atom is 0.306 e. The van der Waals surface area contributed by atoms with E-state index in [0.29, 0.717) is 11.8 Å². The lowest BCUT2D eigenvalue weighted by Crippen LogP contribution is -2.25. The van der Waals surface area contributed by atoms with Gasteiger partial charge in [0.1, 0.15) is 5.82 Å². The van der Waals surface area contributed by atoms with Crippen molar-refractivity contribution in [1.29, 1.82) is 0 Å². The summed E-state index contributed by atoms with van der Waals surface area (Å²) < 4.78 is 4.31. The van der Waals surface area contributed by atoms with Crippen LogP contribution in [0.5, 0.6) is 0 Å². The zero-order chi connectivity index (χ0) is 13.8. The predicted molar refractivity (Wildman–Crippen MR) is 75.6 cm³/mol. The van der Waals surface area contributed by atoms with Crippen LogP contribution in [0.15, 0.2) is 0 Å². The number of hydrogen-bond donors (Lipinski definition) is 2. The third-order valence-electron chi connectivity index (χ3n) is 3.70. The van der Waals surface area contributed by atoms with Crippen molar-refractivity contribution in [2.75, 3.05) is 11.9 Å². The largest absolute Gasteiger partial charge is 0.481 e. The van der Waals surface area contributed by atoms with E-state index in [1.807, 2.05) is 0 Å². The van der Waals surface area contributed by atoms with Crippen LogP contribution in [-0.4, -0.2) is 27.0 Å². The molecule has 0 unspecified atom stereocenters. The molecule has 2 N–H and O–H groups in total. The van der Waals surface area contributed by atoms with E-state index < -0.39 is 5.97 Å². The number of nitrogens with one attached hydrogen (secondary N) is 1. The van der Waals surface area contributed by atoms with Gasteiger partial charge in [0, 0.05) is 24.0 Å². The molecule has 0 aromatic carbocycles. The smallest absolute Gasteiger partial charge is 0.306 e. The van der Waals surface area contributed by atoms with E-state index in [0.717, 1.165) is 43.2 Å². The first-order chi connectivity index (χ1) is 9.06. The van der Waals surface area contributed by atoms with Crippen molar-refractivity contribution in [3.8, 4) is 0 Å². The maximum atomic E-state index is 10.9. The lowest BCUT2D eigenvalue weighted by molar-refractivity contribution is -0.143. The van der Waals surface area contributed by atoms with Crippen LogP contribution in [0.2, 0.25) is 0 Å². The van der Waals surface area contributed by atoms with Gasteiger partial charge in [-0.3, -0.25) is 4.79 Å². The van der Waals surface area contributed by atoms with Crippen LogP contribution >= 0.6 is 11.5 Å². The number of carboxylic acid groups (broad SMARTS) is 1. The second-order valence-corrected chi connectivity index (χ2v) is 6.30. The number of carboxylic acids is 1. The Labute approximate surface area is 117 Å². The zero-order valence-electron chi connectivity index (χ0n) is 11.4. The number of aromatic nitrogens is 2. The molecule has 0 atom stereocenters. The molecule has 1 fully saturated rings. The van der Waals surface area contributed by atoms with Crippen LogP contribution in [-0.2, 0) is 4.79 Å². The van der Waals surface area contributed by atoms with Gasteiger partial charge in [0.2, 0.25) is 5.13 Å². The molecule has 106 valence electrons. The molecule has 1 aromatic heterocycles.